The maximum atomic E-state index is 11.2. The van der Waals surface area contributed by atoms with Crippen LogP contribution in [0.25, 0.3) is 0 Å². The second-order valence-corrected chi connectivity index (χ2v) is 5.37. The molecule has 0 aliphatic carbocycles. The van der Waals surface area contributed by atoms with E-state index in [2.05, 4.69) is 0 Å². The van der Waals surface area contributed by atoms with Crippen molar-refractivity contribution in [3.8, 4) is 0 Å². The highest BCUT2D eigenvalue weighted by atomic mass is 16.6. The van der Waals surface area contributed by atoms with Gasteiger partial charge in [-0.1, -0.05) is 12.2 Å². The maximum Gasteiger partial charge on any atom is 0.330 e. The van der Waals surface area contributed by atoms with Crippen LogP contribution in [0.4, 0.5) is 0 Å². The summed E-state index contributed by atoms with van der Waals surface area (Å²) in [5.41, 5.74) is 0. The minimum Gasteiger partial charge on any atom is -0.459 e. The number of aliphatic hydroxyl groups is 2. The third-order valence-corrected chi connectivity index (χ3v) is 3.24. The molecule has 134 valence electrons. The monoisotopic (exact) mass is 342 g/mol. The van der Waals surface area contributed by atoms with E-state index in [0.29, 0.717) is 0 Å². The lowest BCUT2D eigenvalue weighted by Gasteiger charge is -2.26. The maximum absolute atomic E-state index is 11.2. The molecule has 0 aromatic carbocycles. The summed E-state index contributed by atoms with van der Waals surface area (Å²) in [4.78, 5) is 33.3. The molecule has 5 atom stereocenters. The molecule has 0 radical (unpaired) electrons. The second-order valence-electron chi connectivity index (χ2n) is 5.37. The van der Waals surface area contributed by atoms with Crippen molar-refractivity contribution < 1.29 is 38.8 Å². The number of ether oxygens (including phenoxy) is 3. The van der Waals surface area contributed by atoms with Crippen LogP contribution in [0, 0.1) is 0 Å². The van der Waals surface area contributed by atoms with E-state index in [1.54, 1.807) is 6.08 Å². The van der Waals surface area contributed by atoms with Gasteiger partial charge in [-0.2, -0.15) is 0 Å². The third kappa shape index (κ3) is 6.51. The minimum atomic E-state index is -1.36. The molecule has 1 aliphatic heterocycles. The van der Waals surface area contributed by atoms with Crippen LogP contribution >= 0.6 is 0 Å². The van der Waals surface area contributed by atoms with Crippen molar-refractivity contribution in [2.45, 2.75) is 57.7 Å². The van der Waals surface area contributed by atoms with E-state index in [4.69, 9.17) is 14.2 Å². The first-order chi connectivity index (χ1) is 11.2. The van der Waals surface area contributed by atoms with E-state index in [9.17, 15) is 24.6 Å². The fourth-order valence-electron chi connectivity index (χ4n) is 2.11. The Morgan fingerprint density at radius 2 is 1.88 bits per heavy atom. The zero-order chi connectivity index (χ0) is 18.3. The smallest absolute Gasteiger partial charge is 0.330 e. The molecule has 8 heteroatoms. The predicted octanol–water partition coefficient (Wildman–Crippen LogP) is 0.0194. The average Bonchev–Trinajstić information content (AvgIpc) is 2.49. The summed E-state index contributed by atoms with van der Waals surface area (Å²) in [7, 11) is 0. The molecule has 0 amide bonds. The number of hydrogen-bond donors (Lipinski definition) is 2. The Morgan fingerprint density at radius 1 is 1.25 bits per heavy atom. The van der Waals surface area contributed by atoms with Crippen LogP contribution in [0.5, 0.6) is 0 Å². The molecule has 0 bridgehead atoms. The number of carbonyl (C=O) groups is 3. The van der Waals surface area contributed by atoms with Gasteiger partial charge in [0, 0.05) is 26.3 Å². The van der Waals surface area contributed by atoms with E-state index >= 15 is 0 Å². The van der Waals surface area contributed by atoms with Crippen LogP contribution in [0.3, 0.4) is 0 Å². The quantitative estimate of drug-likeness (QED) is 0.377. The summed E-state index contributed by atoms with van der Waals surface area (Å²) in [5, 5.41) is 20.0. The first-order valence-corrected chi connectivity index (χ1v) is 7.46. The zero-order valence-corrected chi connectivity index (χ0v) is 13.7. The predicted molar refractivity (Wildman–Crippen MR) is 81.6 cm³/mol. The van der Waals surface area contributed by atoms with Gasteiger partial charge in [-0.25, -0.2) is 4.79 Å². The van der Waals surface area contributed by atoms with E-state index in [1.165, 1.54) is 39.0 Å². The summed E-state index contributed by atoms with van der Waals surface area (Å²) in [6.45, 7) is 3.94. The zero-order valence-electron chi connectivity index (χ0n) is 13.7. The molecule has 0 aromatic rings. The molecule has 1 aliphatic rings. The highest BCUT2D eigenvalue weighted by Crippen LogP contribution is 2.16. The summed E-state index contributed by atoms with van der Waals surface area (Å²) in [6.07, 6.45) is 0.269. The Balaban J connectivity index is 2.72. The normalized spacial score (nSPS) is 22.4. The van der Waals surface area contributed by atoms with Gasteiger partial charge in [0.05, 0.1) is 0 Å². The van der Waals surface area contributed by atoms with E-state index in [1.807, 2.05) is 0 Å². The highest BCUT2D eigenvalue weighted by molar-refractivity contribution is 5.82. The standard InChI is InChI=1S/C16H22O8/c1-9(22-10(2)17)13(23-11(3)18)8-7-12(19)16(21)14-5-4-6-15(20)24-14/h4,6-9,12-14,16,19,21H,5H2,1-3H3/b8-7+/t9-,12+,13-,14+,16+/m1/s1. The summed E-state index contributed by atoms with van der Waals surface area (Å²) >= 11 is 0. The van der Waals surface area contributed by atoms with Crippen molar-refractivity contribution in [2.24, 2.45) is 0 Å². The summed E-state index contributed by atoms with van der Waals surface area (Å²) in [6, 6.07) is 0. The highest BCUT2D eigenvalue weighted by Gasteiger charge is 2.29. The number of cyclic esters (lactones) is 1. The molecule has 2 N–H and O–H groups in total. The van der Waals surface area contributed by atoms with Crippen LogP contribution in [0.2, 0.25) is 0 Å². The first kappa shape index (κ1) is 19.9. The average molecular weight is 342 g/mol. The van der Waals surface area contributed by atoms with Crippen molar-refractivity contribution >= 4 is 17.9 Å². The Morgan fingerprint density at radius 3 is 2.42 bits per heavy atom. The van der Waals surface area contributed by atoms with Crippen LogP contribution in [-0.4, -0.2) is 58.6 Å². The van der Waals surface area contributed by atoms with Gasteiger partial charge in [0.25, 0.3) is 0 Å². The molecule has 0 fully saturated rings. The van der Waals surface area contributed by atoms with Gasteiger partial charge in [-0.3, -0.25) is 9.59 Å². The Bertz CT molecular complexity index is 524. The van der Waals surface area contributed by atoms with Gasteiger partial charge in [0.15, 0.2) is 6.10 Å². The molecule has 0 saturated heterocycles. The van der Waals surface area contributed by atoms with E-state index < -0.39 is 48.4 Å². The minimum absolute atomic E-state index is 0.273. The molecular weight excluding hydrogens is 320 g/mol. The SMILES string of the molecule is CC(=O)O[C@H](C)[C@@H](/C=C/[C@H](O)[C@H](O)[C@@H]1CC=CC(=O)O1)OC(C)=O. The van der Waals surface area contributed by atoms with Crippen molar-refractivity contribution in [1.82, 2.24) is 0 Å². The molecule has 1 rings (SSSR count). The lowest BCUT2D eigenvalue weighted by Crippen LogP contribution is -2.40. The summed E-state index contributed by atoms with van der Waals surface area (Å²) < 4.78 is 14.9. The molecule has 8 nitrogen and oxygen atoms in total. The molecule has 0 spiro atoms. The summed E-state index contributed by atoms with van der Waals surface area (Å²) in [5.74, 6) is -1.73. The largest absolute Gasteiger partial charge is 0.459 e. The fourth-order valence-corrected chi connectivity index (χ4v) is 2.11. The van der Waals surface area contributed by atoms with Crippen molar-refractivity contribution in [3.05, 3.63) is 24.3 Å². The number of rotatable bonds is 7. The molecule has 24 heavy (non-hydrogen) atoms. The molecular formula is C16H22O8. The number of carbonyl (C=O) groups excluding carboxylic acids is 3. The number of esters is 3. The molecule has 0 unspecified atom stereocenters. The Hall–Kier alpha value is -2.19. The Labute approximate surface area is 139 Å². The second kappa shape index (κ2) is 9.19. The fraction of sp³-hybridized carbons (Fsp3) is 0.562. The van der Waals surface area contributed by atoms with Crippen LogP contribution in [-0.2, 0) is 28.6 Å². The van der Waals surface area contributed by atoms with Crippen molar-refractivity contribution in [1.29, 1.82) is 0 Å². The molecule has 0 saturated carbocycles. The van der Waals surface area contributed by atoms with Crippen molar-refractivity contribution in [2.75, 3.05) is 0 Å². The van der Waals surface area contributed by atoms with Crippen LogP contribution < -0.4 is 0 Å². The van der Waals surface area contributed by atoms with Crippen LogP contribution in [0.15, 0.2) is 24.3 Å². The molecule has 0 aromatic heterocycles. The van der Waals surface area contributed by atoms with Gasteiger partial charge in [-0.05, 0) is 13.0 Å². The van der Waals surface area contributed by atoms with E-state index in [0.717, 1.165) is 0 Å². The van der Waals surface area contributed by atoms with Gasteiger partial charge in [0.1, 0.15) is 24.4 Å². The van der Waals surface area contributed by atoms with Gasteiger partial charge >= 0.3 is 17.9 Å². The lowest BCUT2D eigenvalue weighted by atomic mass is 10.0. The Kier molecular flexibility index (Phi) is 7.60. The van der Waals surface area contributed by atoms with Crippen LogP contribution in [0.1, 0.15) is 27.2 Å². The van der Waals surface area contributed by atoms with Gasteiger partial charge in [-0.15, -0.1) is 0 Å². The van der Waals surface area contributed by atoms with Gasteiger partial charge < -0.3 is 24.4 Å². The number of hydrogen-bond acceptors (Lipinski definition) is 8. The molecule has 1 heterocycles. The van der Waals surface area contributed by atoms with E-state index in [-0.39, 0.29) is 6.42 Å². The third-order valence-electron chi connectivity index (χ3n) is 3.24. The first-order valence-electron chi connectivity index (χ1n) is 7.46. The van der Waals surface area contributed by atoms with Gasteiger partial charge in [0.2, 0.25) is 0 Å². The topological polar surface area (TPSA) is 119 Å². The lowest BCUT2D eigenvalue weighted by molar-refractivity contribution is -0.160. The number of aliphatic hydroxyl groups excluding tert-OH is 2. The van der Waals surface area contributed by atoms with Crippen molar-refractivity contribution in [3.63, 3.8) is 0 Å².